The number of halogens is 1. The average molecular weight is 397 g/mol. The van der Waals surface area contributed by atoms with Crippen LogP contribution in [0.3, 0.4) is 0 Å². The molecule has 0 saturated carbocycles. The molecule has 0 fully saturated rings. The molecule has 5 nitrogen and oxygen atoms in total. The predicted octanol–water partition coefficient (Wildman–Crippen LogP) is 4.03. The van der Waals surface area contributed by atoms with E-state index in [1.807, 2.05) is 54.6 Å². The molecule has 6 heteroatoms. The molecule has 3 aromatic rings. The van der Waals surface area contributed by atoms with E-state index in [0.29, 0.717) is 18.7 Å². The summed E-state index contributed by atoms with van der Waals surface area (Å²) in [7, 11) is 0. The fraction of sp³-hybridized carbons (Fsp3) is 0.105. The number of benzene rings is 1. The van der Waals surface area contributed by atoms with Crippen LogP contribution in [-0.4, -0.2) is 15.9 Å². The van der Waals surface area contributed by atoms with E-state index in [1.54, 1.807) is 12.4 Å². The van der Waals surface area contributed by atoms with Crippen LogP contribution in [0.25, 0.3) is 0 Å². The van der Waals surface area contributed by atoms with Crippen molar-refractivity contribution in [1.29, 1.82) is 0 Å². The van der Waals surface area contributed by atoms with E-state index in [1.165, 1.54) is 0 Å². The largest absolute Gasteiger partial charge is 0.364 e. The Hall–Kier alpha value is -2.73. The molecule has 0 saturated heterocycles. The van der Waals surface area contributed by atoms with Crippen LogP contribution < -0.4 is 10.6 Å². The molecule has 0 aliphatic rings. The monoisotopic (exact) mass is 396 g/mol. The van der Waals surface area contributed by atoms with E-state index in [2.05, 4.69) is 36.5 Å². The lowest BCUT2D eigenvalue weighted by Crippen LogP contribution is -2.15. The lowest BCUT2D eigenvalue weighted by atomic mass is 10.1. The summed E-state index contributed by atoms with van der Waals surface area (Å²) in [5, 5.41) is 6.05. The number of hydrogen-bond acceptors (Lipinski definition) is 4. The number of amides is 1. The topological polar surface area (TPSA) is 66.9 Å². The zero-order chi connectivity index (χ0) is 17.5. The van der Waals surface area contributed by atoms with Crippen LogP contribution in [0.2, 0.25) is 0 Å². The van der Waals surface area contributed by atoms with Gasteiger partial charge in [0.15, 0.2) is 0 Å². The number of rotatable bonds is 6. The molecular formula is C19H17BrN4O. The van der Waals surface area contributed by atoms with Crippen molar-refractivity contribution >= 4 is 33.3 Å². The highest BCUT2D eigenvalue weighted by Gasteiger charge is 2.07. The first kappa shape index (κ1) is 17.1. The van der Waals surface area contributed by atoms with Gasteiger partial charge in [0.1, 0.15) is 5.82 Å². The number of aromatic nitrogens is 2. The quantitative estimate of drug-likeness (QED) is 0.659. The fourth-order valence-electron chi connectivity index (χ4n) is 2.28. The lowest BCUT2D eigenvalue weighted by molar-refractivity contribution is -0.115. The normalized spacial score (nSPS) is 10.3. The standard InChI is InChI=1S/C19H17BrN4O/c20-17-7-2-1-5-14(17)11-19(25)24-16-8-9-18(23-13-16)22-12-15-6-3-4-10-21-15/h1-10,13H,11-12H2,(H,22,23)(H,24,25). The minimum absolute atomic E-state index is 0.0807. The predicted molar refractivity (Wildman–Crippen MR) is 102 cm³/mol. The summed E-state index contributed by atoms with van der Waals surface area (Å²) in [6.07, 6.45) is 3.70. The minimum atomic E-state index is -0.0807. The molecule has 25 heavy (non-hydrogen) atoms. The van der Waals surface area contributed by atoms with Crippen molar-refractivity contribution in [2.45, 2.75) is 13.0 Å². The fourth-order valence-corrected chi connectivity index (χ4v) is 2.70. The Morgan fingerprint density at radius 2 is 1.84 bits per heavy atom. The Kier molecular flexibility index (Phi) is 5.74. The Labute approximate surface area is 154 Å². The summed E-state index contributed by atoms with van der Waals surface area (Å²) in [6.45, 7) is 0.599. The van der Waals surface area contributed by atoms with Crippen molar-refractivity contribution in [3.63, 3.8) is 0 Å². The Morgan fingerprint density at radius 3 is 2.56 bits per heavy atom. The highest BCUT2D eigenvalue weighted by Crippen LogP contribution is 2.17. The number of nitrogens with zero attached hydrogens (tertiary/aromatic N) is 2. The first-order chi connectivity index (χ1) is 12.2. The van der Waals surface area contributed by atoms with Crippen LogP contribution in [0.1, 0.15) is 11.3 Å². The van der Waals surface area contributed by atoms with Gasteiger partial charge in [-0.1, -0.05) is 40.2 Å². The highest BCUT2D eigenvalue weighted by atomic mass is 79.9. The second-order valence-corrected chi connectivity index (χ2v) is 6.28. The summed E-state index contributed by atoms with van der Waals surface area (Å²) < 4.78 is 0.928. The molecule has 2 N–H and O–H groups in total. The van der Waals surface area contributed by atoms with Crippen LogP contribution in [0, 0.1) is 0 Å². The van der Waals surface area contributed by atoms with Crippen molar-refractivity contribution in [3.05, 3.63) is 82.7 Å². The molecule has 0 atom stereocenters. The van der Waals surface area contributed by atoms with Gasteiger partial charge in [-0.15, -0.1) is 0 Å². The molecule has 126 valence electrons. The van der Waals surface area contributed by atoms with Gasteiger partial charge in [0.2, 0.25) is 5.91 Å². The lowest BCUT2D eigenvalue weighted by Gasteiger charge is -2.08. The zero-order valence-corrected chi connectivity index (χ0v) is 15.0. The molecular weight excluding hydrogens is 380 g/mol. The molecule has 0 aliphatic carbocycles. The van der Waals surface area contributed by atoms with Crippen LogP contribution in [-0.2, 0) is 17.8 Å². The van der Waals surface area contributed by atoms with Gasteiger partial charge in [-0.3, -0.25) is 9.78 Å². The Balaban J connectivity index is 1.53. The second-order valence-electron chi connectivity index (χ2n) is 5.42. The molecule has 1 amide bonds. The Morgan fingerprint density at radius 1 is 1.00 bits per heavy atom. The van der Waals surface area contributed by atoms with E-state index in [9.17, 15) is 4.79 Å². The first-order valence-electron chi connectivity index (χ1n) is 7.84. The summed E-state index contributed by atoms with van der Waals surface area (Å²) in [4.78, 5) is 20.7. The minimum Gasteiger partial charge on any atom is -0.364 e. The summed E-state index contributed by atoms with van der Waals surface area (Å²) in [6, 6.07) is 17.1. The molecule has 0 aliphatic heterocycles. The van der Waals surface area contributed by atoms with Gasteiger partial charge in [0.25, 0.3) is 0 Å². The van der Waals surface area contributed by atoms with E-state index < -0.39 is 0 Å². The third-order valence-electron chi connectivity index (χ3n) is 3.53. The summed E-state index contributed by atoms with van der Waals surface area (Å²) >= 11 is 3.45. The average Bonchev–Trinajstić information content (AvgIpc) is 2.64. The highest BCUT2D eigenvalue weighted by molar-refractivity contribution is 9.10. The number of pyridine rings is 2. The smallest absolute Gasteiger partial charge is 0.228 e. The van der Waals surface area contributed by atoms with Gasteiger partial charge in [-0.2, -0.15) is 0 Å². The molecule has 1 aromatic carbocycles. The number of nitrogens with one attached hydrogen (secondary N) is 2. The van der Waals surface area contributed by atoms with E-state index in [4.69, 9.17) is 0 Å². The maximum absolute atomic E-state index is 12.1. The third-order valence-corrected chi connectivity index (χ3v) is 4.31. The van der Waals surface area contributed by atoms with Gasteiger partial charge in [0, 0.05) is 10.7 Å². The molecule has 0 unspecified atom stereocenters. The van der Waals surface area contributed by atoms with Crippen LogP contribution >= 0.6 is 15.9 Å². The number of anilines is 2. The number of carbonyl (C=O) groups excluding carboxylic acids is 1. The number of carbonyl (C=O) groups is 1. The van der Waals surface area contributed by atoms with Crippen molar-refractivity contribution in [2.24, 2.45) is 0 Å². The molecule has 0 spiro atoms. The van der Waals surface area contributed by atoms with Crippen molar-refractivity contribution in [1.82, 2.24) is 9.97 Å². The van der Waals surface area contributed by atoms with Gasteiger partial charge in [-0.05, 0) is 35.9 Å². The Bertz CT molecular complexity index is 838. The first-order valence-corrected chi connectivity index (χ1v) is 8.63. The summed E-state index contributed by atoms with van der Waals surface area (Å²) in [5.41, 5.74) is 2.55. The zero-order valence-electron chi connectivity index (χ0n) is 13.4. The maximum atomic E-state index is 12.1. The van der Waals surface area contributed by atoms with Crippen LogP contribution in [0.4, 0.5) is 11.5 Å². The maximum Gasteiger partial charge on any atom is 0.228 e. The van der Waals surface area contributed by atoms with E-state index in [0.717, 1.165) is 21.5 Å². The third kappa shape index (κ3) is 5.12. The van der Waals surface area contributed by atoms with Gasteiger partial charge in [-0.25, -0.2) is 4.98 Å². The van der Waals surface area contributed by atoms with Crippen LogP contribution in [0.15, 0.2) is 71.5 Å². The summed E-state index contributed by atoms with van der Waals surface area (Å²) in [5.74, 6) is 0.650. The van der Waals surface area contributed by atoms with Crippen LogP contribution in [0.5, 0.6) is 0 Å². The van der Waals surface area contributed by atoms with Gasteiger partial charge < -0.3 is 10.6 Å². The molecule has 2 heterocycles. The van der Waals surface area contributed by atoms with Crippen molar-refractivity contribution in [3.8, 4) is 0 Å². The van der Waals surface area contributed by atoms with Gasteiger partial charge >= 0.3 is 0 Å². The molecule has 2 aromatic heterocycles. The second kappa shape index (κ2) is 8.39. The molecule has 0 bridgehead atoms. The van der Waals surface area contributed by atoms with Gasteiger partial charge in [0.05, 0.1) is 30.5 Å². The SMILES string of the molecule is O=C(Cc1ccccc1Br)Nc1ccc(NCc2ccccn2)nc1. The number of hydrogen-bond donors (Lipinski definition) is 2. The van der Waals surface area contributed by atoms with E-state index >= 15 is 0 Å². The molecule has 3 rings (SSSR count). The molecule has 0 radical (unpaired) electrons. The van der Waals surface area contributed by atoms with Crippen molar-refractivity contribution in [2.75, 3.05) is 10.6 Å². The van der Waals surface area contributed by atoms with Crippen molar-refractivity contribution < 1.29 is 4.79 Å². The van der Waals surface area contributed by atoms with E-state index in [-0.39, 0.29) is 5.91 Å².